The van der Waals surface area contributed by atoms with Gasteiger partial charge in [-0.25, -0.2) is 8.78 Å². The van der Waals surface area contributed by atoms with Gasteiger partial charge in [0.15, 0.2) is 0 Å². The van der Waals surface area contributed by atoms with Gasteiger partial charge < -0.3 is 5.11 Å². The molecule has 94 valence electrons. The Morgan fingerprint density at radius 1 is 0.833 bits per heavy atom. The molecule has 0 fully saturated rings. The van der Waals surface area contributed by atoms with Crippen molar-refractivity contribution in [3.8, 4) is 11.1 Å². The average molecular weight is 256 g/mol. The van der Waals surface area contributed by atoms with Gasteiger partial charge in [-0.3, -0.25) is 0 Å². The number of aliphatic hydroxyl groups is 1. The van der Waals surface area contributed by atoms with E-state index in [9.17, 15) is 17.6 Å². The fourth-order valence-electron chi connectivity index (χ4n) is 1.66. The molecule has 2 rings (SSSR count). The van der Waals surface area contributed by atoms with Gasteiger partial charge in [0.25, 0.3) is 0 Å². The van der Waals surface area contributed by atoms with E-state index in [1.54, 1.807) is 30.3 Å². The van der Waals surface area contributed by atoms with E-state index in [2.05, 4.69) is 0 Å². The molecular weight excluding hydrogens is 248 g/mol. The van der Waals surface area contributed by atoms with Crippen molar-refractivity contribution in [2.24, 2.45) is 0 Å². The van der Waals surface area contributed by atoms with Crippen LogP contribution in [0.2, 0.25) is 0 Å². The third-order valence-corrected chi connectivity index (χ3v) is 2.45. The molecule has 0 aromatic heterocycles. The largest absolute Gasteiger partial charge is 0.386 e. The van der Waals surface area contributed by atoms with Crippen LogP contribution in [0.25, 0.3) is 11.1 Å². The summed E-state index contributed by atoms with van der Waals surface area (Å²) in [5, 5.41) is 8.40. The third-order valence-electron chi connectivity index (χ3n) is 2.45. The van der Waals surface area contributed by atoms with E-state index >= 15 is 0 Å². The molecule has 1 N–H and O–H groups in total. The molecule has 1 nitrogen and oxygen atoms in total. The first-order valence-electron chi connectivity index (χ1n) is 5.04. The molecule has 2 aromatic rings. The SMILES string of the molecule is OC(F)(F)c1c(F)cc(-c2ccccc2)cc1F. The summed E-state index contributed by atoms with van der Waals surface area (Å²) in [6.07, 6.45) is -4.54. The molecule has 5 heteroatoms. The molecule has 0 atom stereocenters. The molecule has 0 saturated carbocycles. The molecule has 0 aliphatic rings. The van der Waals surface area contributed by atoms with Crippen LogP contribution in [0.5, 0.6) is 0 Å². The zero-order chi connectivity index (χ0) is 13.3. The molecule has 0 radical (unpaired) electrons. The molecule has 0 heterocycles. The van der Waals surface area contributed by atoms with E-state index in [0.29, 0.717) is 5.56 Å². The Bertz CT molecular complexity index is 538. The number of rotatable bonds is 2. The molecule has 0 unspecified atom stereocenters. The van der Waals surface area contributed by atoms with Gasteiger partial charge >= 0.3 is 6.11 Å². The van der Waals surface area contributed by atoms with E-state index in [0.717, 1.165) is 12.1 Å². The summed E-state index contributed by atoms with van der Waals surface area (Å²) in [4.78, 5) is 0. The minimum Gasteiger partial charge on any atom is -0.332 e. The van der Waals surface area contributed by atoms with Gasteiger partial charge in [0, 0.05) is 0 Å². The van der Waals surface area contributed by atoms with Crippen LogP contribution in [0.4, 0.5) is 17.6 Å². The summed E-state index contributed by atoms with van der Waals surface area (Å²) >= 11 is 0. The maximum Gasteiger partial charge on any atom is 0.386 e. The standard InChI is InChI=1S/C13H8F4O/c14-10-6-9(8-4-2-1-3-5-8)7-11(15)12(10)13(16,17)18/h1-7,18H. The van der Waals surface area contributed by atoms with Gasteiger partial charge in [-0.2, -0.15) is 8.78 Å². The van der Waals surface area contributed by atoms with Gasteiger partial charge in [-0.15, -0.1) is 0 Å². The van der Waals surface area contributed by atoms with E-state index in [1.807, 2.05) is 0 Å². The van der Waals surface area contributed by atoms with Crippen molar-refractivity contribution >= 4 is 0 Å². The van der Waals surface area contributed by atoms with Crippen LogP contribution >= 0.6 is 0 Å². The minimum atomic E-state index is -4.54. The molecule has 0 bridgehead atoms. The predicted molar refractivity (Wildman–Crippen MR) is 57.9 cm³/mol. The maximum absolute atomic E-state index is 13.4. The van der Waals surface area contributed by atoms with Crippen molar-refractivity contribution in [3.05, 3.63) is 59.7 Å². The van der Waals surface area contributed by atoms with Crippen LogP contribution in [-0.2, 0) is 6.11 Å². The van der Waals surface area contributed by atoms with E-state index in [4.69, 9.17) is 5.11 Å². The maximum atomic E-state index is 13.4. The quantitative estimate of drug-likeness (QED) is 0.813. The van der Waals surface area contributed by atoms with Crippen LogP contribution in [0.1, 0.15) is 5.56 Å². The highest BCUT2D eigenvalue weighted by Crippen LogP contribution is 2.32. The molecule has 0 spiro atoms. The first-order valence-corrected chi connectivity index (χ1v) is 5.04. The lowest BCUT2D eigenvalue weighted by molar-refractivity contribution is -0.212. The van der Waals surface area contributed by atoms with Crippen LogP contribution < -0.4 is 0 Å². The van der Waals surface area contributed by atoms with Crippen LogP contribution in [0.15, 0.2) is 42.5 Å². The summed E-state index contributed by atoms with van der Waals surface area (Å²) in [6, 6.07) is 9.72. The van der Waals surface area contributed by atoms with Gasteiger partial charge in [0.05, 0.1) is 0 Å². The Morgan fingerprint density at radius 3 is 1.78 bits per heavy atom. The van der Waals surface area contributed by atoms with E-state index < -0.39 is 23.3 Å². The van der Waals surface area contributed by atoms with Gasteiger partial charge in [0.2, 0.25) is 0 Å². The fraction of sp³-hybridized carbons (Fsp3) is 0.0769. The van der Waals surface area contributed by atoms with Crippen LogP contribution in [-0.4, -0.2) is 5.11 Å². The Balaban J connectivity index is 2.57. The van der Waals surface area contributed by atoms with Crippen molar-refractivity contribution in [2.75, 3.05) is 0 Å². The second kappa shape index (κ2) is 4.42. The number of hydrogen-bond donors (Lipinski definition) is 1. The highest BCUT2D eigenvalue weighted by molar-refractivity contribution is 5.64. The zero-order valence-electron chi connectivity index (χ0n) is 9.00. The minimum absolute atomic E-state index is 0.124. The normalized spacial score (nSPS) is 11.6. The van der Waals surface area contributed by atoms with E-state index in [1.165, 1.54) is 0 Å². The summed E-state index contributed by atoms with van der Waals surface area (Å²) < 4.78 is 52.0. The van der Waals surface area contributed by atoms with Crippen molar-refractivity contribution in [2.45, 2.75) is 6.11 Å². The Labute approximate surface area is 100 Å². The van der Waals surface area contributed by atoms with Gasteiger partial charge in [0.1, 0.15) is 17.2 Å². The lowest BCUT2D eigenvalue weighted by Gasteiger charge is -2.12. The first-order chi connectivity index (χ1) is 8.39. The van der Waals surface area contributed by atoms with Gasteiger partial charge in [-0.1, -0.05) is 30.3 Å². The number of alkyl halides is 2. The molecule has 0 aliphatic heterocycles. The average Bonchev–Trinajstić information content (AvgIpc) is 2.27. The Hall–Kier alpha value is -1.88. The summed E-state index contributed by atoms with van der Waals surface area (Å²) in [6.45, 7) is 0. The first kappa shape index (κ1) is 12.6. The Kier molecular flexibility index (Phi) is 3.09. The molecule has 0 aliphatic carbocycles. The highest BCUT2D eigenvalue weighted by Gasteiger charge is 2.35. The lowest BCUT2D eigenvalue weighted by Crippen LogP contribution is -2.16. The Morgan fingerprint density at radius 2 is 1.33 bits per heavy atom. The van der Waals surface area contributed by atoms with Crippen molar-refractivity contribution in [1.29, 1.82) is 0 Å². The molecule has 18 heavy (non-hydrogen) atoms. The molecule has 2 aromatic carbocycles. The topological polar surface area (TPSA) is 20.2 Å². The van der Waals surface area contributed by atoms with Crippen molar-refractivity contribution < 1.29 is 22.7 Å². The van der Waals surface area contributed by atoms with Gasteiger partial charge in [-0.05, 0) is 23.3 Å². The smallest absolute Gasteiger partial charge is 0.332 e. The highest BCUT2D eigenvalue weighted by atomic mass is 19.3. The summed E-state index contributed by atoms with van der Waals surface area (Å²) in [7, 11) is 0. The number of hydrogen-bond acceptors (Lipinski definition) is 1. The van der Waals surface area contributed by atoms with Crippen molar-refractivity contribution in [3.63, 3.8) is 0 Å². The van der Waals surface area contributed by atoms with Crippen LogP contribution in [0.3, 0.4) is 0 Å². The van der Waals surface area contributed by atoms with E-state index in [-0.39, 0.29) is 5.56 Å². The molecule has 0 saturated heterocycles. The number of halogens is 4. The number of benzene rings is 2. The monoisotopic (exact) mass is 256 g/mol. The van der Waals surface area contributed by atoms with Crippen molar-refractivity contribution in [1.82, 2.24) is 0 Å². The lowest BCUT2D eigenvalue weighted by atomic mass is 10.0. The molecule has 0 amide bonds. The van der Waals surface area contributed by atoms with Crippen LogP contribution in [0, 0.1) is 11.6 Å². The summed E-state index contributed by atoms with van der Waals surface area (Å²) in [5.74, 6) is -2.97. The third kappa shape index (κ3) is 2.36. The zero-order valence-corrected chi connectivity index (χ0v) is 9.00. The second-order valence-corrected chi connectivity index (χ2v) is 3.72. The summed E-state index contributed by atoms with van der Waals surface area (Å²) in [5.41, 5.74) is -1.02. The predicted octanol–water partition coefficient (Wildman–Crippen LogP) is 3.67. The fourth-order valence-corrected chi connectivity index (χ4v) is 1.66. The second-order valence-electron chi connectivity index (χ2n) is 3.72. The molecular formula is C13H8F4O.